The van der Waals surface area contributed by atoms with Crippen LogP contribution >= 0.6 is 0 Å². The number of carbonyl (C=O) groups is 2. The van der Waals surface area contributed by atoms with Gasteiger partial charge in [-0.05, 0) is 68.1 Å². The molecule has 2 aromatic carbocycles. The highest BCUT2D eigenvalue weighted by Crippen LogP contribution is 2.26. The molecule has 1 aliphatic rings. The van der Waals surface area contributed by atoms with Crippen LogP contribution in [-0.4, -0.2) is 51.3 Å². The number of aryl methyl sites for hydroxylation is 2. The molecule has 1 fully saturated rings. The number of methoxy groups -OCH3 is 1. The van der Waals surface area contributed by atoms with Crippen molar-refractivity contribution in [2.75, 3.05) is 26.8 Å². The SMILES string of the molecule is COc1ccc(S(=O)(=O)N2CCCCCC2)cc1C(=O)NNC(=O)COc1ccc(C)c(C)c1. The number of amides is 2. The lowest BCUT2D eigenvalue weighted by Crippen LogP contribution is -2.44. The van der Waals surface area contributed by atoms with Crippen molar-refractivity contribution in [3.05, 3.63) is 53.1 Å². The van der Waals surface area contributed by atoms with Crippen molar-refractivity contribution in [1.82, 2.24) is 15.2 Å². The summed E-state index contributed by atoms with van der Waals surface area (Å²) < 4.78 is 38.4. The standard InChI is InChI=1S/C24H31N3O6S/c1-17-8-9-19(14-18(17)2)33-16-23(28)25-26-24(29)21-15-20(10-11-22(21)32-3)34(30,31)27-12-6-4-5-7-13-27/h8-11,14-15H,4-7,12-13,16H2,1-3H3,(H,25,28)(H,26,29). The molecule has 34 heavy (non-hydrogen) atoms. The number of nitrogens with one attached hydrogen (secondary N) is 2. The third kappa shape index (κ3) is 6.27. The van der Waals surface area contributed by atoms with Gasteiger partial charge in [0.2, 0.25) is 10.0 Å². The number of hydrogen-bond acceptors (Lipinski definition) is 6. The van der Waals surface area contributed by atoms with Gasteiger partial charge in [-0.15, -0.1) is 0 Å². The predicted molar refractivity (Wildman–Crippen MR) is 127 cm³/mol. The molecular formula is C24H31N3O6S. The van der Waals surface area contributed by atoms with Crippen LogP contribution < -0.4 is 20.3 Å². The molecule has 2 amide bonds. The summed E-state index contributed by atoms with van der Waals surface area (Å²) in [6.45, 7) is 4.52. The quantitative estimate of drug-likeness (QED) is 0.578. The van der Waals surface area contributed by atoms with Crippen molar-refractivity contribution < 1.29 is 27.5 Å². The highest BCUT2D eigenvalue weighted by atomic mass is 32.2. The first-order valence-corrected chi connectivity index (χ1v) is 12.6. The number of ether oxygens (including phenoxy) is 2. The number of rotatable bonds is 7. The van der Waals surface area contributed by atoms with Crippen LogP contribution in [0.3, 0.4) is 0 Å². The number of nitrogens with zero attached hydrogens (tertiary/aromatic N) is 1. The van der Waals surface area contributed by atoms with E-state index in [2.05, 4.69) is 10.9 Å². The van der Waals surface area contributed by atoms with Gasteiger partial charge >= 0.3 is 0 Å². The highest BCUT2D eigenvalue weighted by Gasteiger charge is 2.27. The van der Waals surface area contributed by atoms with Crippen LogP contribution in [0.1, 0.15) is 47.2 Å². The minimum absolute atomic E-state index is 0.00440. The van der Waals surface area contributed by atoms with E-state index in [0.29, 0.717) is 18.8 Å². The lowest BCUT2D eigenvalue weighted by Gasteiger charge is -2.20. The average Bonchev–Trinajstić information content (AvgIpc) is 3.13. The maximum Gasteiger partial charge on any atom is 0.276 e. The summed E-state index contributed by atoms with van der Waals surface area (Å²) in [6, 6.07) is 9.60. The molecule has 1 heterocycles. The van der Waals surface area contributed by atoms with E-state index in [1.54, 1.807) is 6.07 Å². The van der Waals surface area contributed by atoms with E-state index in [0.717, 1.165) is 36.8 Å². The van der Waals surface area contributed by atoms with Gasteiger partial charge in [0.15, 0.2) is 6.61 Å². The predicted octanol–water partition coefficient (Wildman–Crippen LogP) is 2.72. The van der Waals surface area contributed by atoms with Crippen molar-refractivity contribution in [3.8, 4) is 11.5 Å². The zero-order valence-corrected chi connectivity index (χ0v) is 20.5. The number of hydrazine groups is 1. The smallest absolute Gasteiger partial charge is 0.276 e. The molecule has 10 heteroatoms. The number of benzene rings is 2. The van der Waals surface area contributed by atoms with Gasteiger partial charge in [0.05, 0.1) is 17.6 Å². The second-order valence-corrected chi connectivity index (χ2v) is 10.2. The lowest BCUT2D eigenvalue weighted by molar-refractivity contribution is -0.123. The molecule has 0 aliphatic carbocycles. The monoisotopic (exact) mass is 489 g/mol. The van der Waals surface area contributed by atoms with E-state index in [-0.39, 0.29) is 22.8 Å². The Balaban J connectivity index is 1.66. The second kappa shape index (κ2) is 11.3. The lowest BCUT2D eigenvalue weighted by atomic mass is 10.1. The zero-order valence-electron chi connectivity index (χ0n) is 19.7. The Morgan fingerprint density at radius 2 is 1.65 bits per heavy atom. The van der Waals surface area contributed by atoms with Crippen molar-refractivity contribution in [3.63, 3.8) is 0 Å². The first kappa shape index (κ1) is 25.5. The summed E-state index contributed by atoms with van der Waals surface area (Å²) >= 11 is 0. The molecule has 0 radical (unpaired) electrons. The Morgan fingerprint density at radius 1 is 0.941 bits per heavy atom. The summed E-state index contributed by atoms with van der Waals surface area (Å²) in [4.78, 5) is 24.9. The molecule has 0 atom stereocenters. The number of sulfonamides is 1. The molecular weight excluding hydrogens is 458 g/mol. The van der Waals surface area contributed by atoms with Crippen molar-refractivity contribution in [2.24, 2.45) is 0 Å². The molecule has 0 spiro atoms. The van der Waals surface area contributed by atoms with Gasteiger partial charge in [0.1, 0.15) is 11.5 Å². The second-order valence-electron chi connectivity index (χ2n) is 8.22. The van der Waals surface area contributed by atoms with Crippen molar-refractivity contribution >= 4 is 21.8 Å². The molecule has 9 nitrogen and oxygen atoms in total. The first-order chi connectivity index (χ1) is 16.2. The van der Waals surface area contributed by atoms with Crippen LogP contribution in [0, 0.1) is 13.8 Å². The largest absolute Gasteiger partial charge is 0.496 e. The summed E-state index contributed by atoms with van der Waals surface area (Å²) in [6.07, 6.45) is 3.60. The van der Waals surface area contributed by atoms with Gasteiger partial charge in [-0.25, -0.2) is 8.42 Å². The molecule has 1 saturated heterocycles. The van der Waals surface area contributed by atoms with E-state index < -0.39 is 21.8 Å². The Kier molecular flexibility index (Phi) is 8.51. The van der Waals surface area contributed by atoms with Crippen molar-refractivity contribution in [2.45, 2.75) is 44.4 Å². The third-order valence-electron chi connectivity index (χ3n) is 5.78. The minimum atomic E-state index is -3.75. The fourth-order valence-electron chi connectivity index (χ4n) is 3.64. The van der Waals surface area contributed by atoms with Crippen LogP contribution in [-0.2, 0) is 14.8 Å². The van der Waals surface area contributed by atoms with E-state index >= 15 is 0 Å². The minimum Gasteiger partial charge on any atom is -0.496 e. The zero-order chi connectivity index (χ0) is 24.7. The Bertz CT molecular complexity index is 1140. The number of hydrogen-bond donors (Lipinski definition) is 2. The number of carbonyl (C=O) groups excluding carboxylic acids is 2. The Hall–Kier alpha value is -3.11. The molecule has 184 valence electrons. The molecule has 0 aromatic heterocycles. The molecule has 3 rings (SSSR count). The van der Waals surface area contributed by atoms with Gasteiger partial charge in [0.25, 0.3) is 11.8 Å². The molecule has 1 aliphatic heterocycles. The Morgan fingerprint density at radius 3 is 2.29 bits per heavy atom. The maximum absolute atomic E-state index is 13.1. The summed E-state index contributed by atoms with van der Waals surface area (Å²) in [7, 11) is -2.37. The summed E-state index contributed by atoms with van der Waals surface area (Å²) in [5.41, 5.74) is 6.71. The van der Waals surface area contributed by atoms with Gasteiger partial charge < -0.3 is 9.47 Å². The van der Waals surface area contributed by atoms with E-state index in [1.807, 2.05) is 26.0 Å². The van der Waals surface area contributed by atoms with Gasteiger partial charge in [0, 0.05) is 13.1 Å². The fourth-order valence-corrected chi connectivity index (χ4v) is 5.18. The van der Waals surface area contributed by atoms with E-state index in [1.165, 1.54) is 29.6 Å². The van der Waals surface area contributed by atoms with Crippen LogP contribution in [0.2, 0.25) is 0 Å². The normalized spacial score (nSPS) is 14.7. The highest BCUT2D eigenvalue weighted by molar-refractivity contribution is 7.89. The Labute approximate surface area is 200 Å². The molecule has 0 bridgehead atoms. The molecule has 2 N–H and O–H groups in total. The van der Waals surface area contributed by atoms with Gasteiger partial charge in [-0.1, -0.05) is 18.9 Å². The molecule has 2 aromatic rings. The van der Waals surface area contributed by atoms with Crippen LogP contribution in [0.25, 0.3) is 0 Å². The maximum atomic E-state index is 13.1. The fraction of sp³-hybridized carbons (Fsp3) is 0.417. The van der Waals surface area contributed by atoms with E-state index in [4.69, 9.17) is 9.47 Å². The summed E-state index contributed by atoms with van der Waals surface area (Å²) in [5.74, 6) is -0.547. The molecule has 0 saturated carbocycles. The van der Waals surface area contributed by atoms with Crippen LogP contribution in [0.4, 0.5) is 0 Å². The summed E-state index contributed by atoms with van der Waals surface area (Å²) in [5, 5.41) is 0. The van der Waals surface area contributed by atoms with Gasteiger partial charge in [-0.3, -0.25) is 20.4 Å². The van der Waals surface area contributed by atoms with Gasteiger partial charge in [-0.2, -0.15) is 4.31 Å². The average molecular weight is 490 g/mol. The van der Waals surface area contributed by atoms with E-state index in [9.17, 15) is 18.0 Å². The molecule has 0 unspecified atom stereocenters. The van der Waals surface area contributed by atoms with Crippen LogP contribution in [0.15, 0.2) is 41.3 Å². The first-order valence-electron chi connectivity index (χ1n) is 11.2. The topological polar surface area (TPSA) is 114 Å². The van der Waals surface area contributed by atoms with Crippen LogP contribution in [0.5, 0.6) is 11.5 Å². The third-order valence-corrected chi connectivity index (χ3v) is 7.68. The van der Waals surface area contributed by atoms with Crippen molar-refractivity contribution in [1.29, 1.82) is 0 Å².